The van der Waals surface area contributed by atoms with E-state index in [4.69, 9.17) is 9.97 Å². The Hall–Kier alpha value is -13.1. The Morgan fingerprint density at radius 2 is 0.500 bits per heavy atom. The third kappa shape index (κ3) is 9.25. The molecule has 0 radical (unpaired) electrons. The maximum Gasteiger partial charge on any atom is 0.160 e. The predicted octanol–water partition coefficient (Wildman–Crippen LogP) is 28.0. The number of rotatable bonds is 9. The second kappa shape index (κ2) is 23.2. The summed E-state index contributed by atoms with van der Waals surface area (Å²) >= 11 is 5.58. The zero-order chi connectivity index (χ0) is 69.2. The second-order valence-corrected chi connectivity index (χ2v) is 31.2. The molecular formula is C98H57N5S3. The maximum atomic E-state index is 5.76. The van der Waals surface area contributed by atoms with Crippen LogP contribution in [0.5, 0.6) is 0 Å². The van der Waals surface area contributed by atoms with Crippen molar-refractivity contribution in [2.75, 3.05) is 0 Å². The molecule has 0 aliphatic carbocycles. The van der Waals surface area contributed by atoms with Crippen LogP contribution in [-0.4, -0.2) is 23.7 Å². The molecule has 0 amide bonds. The van der Waals surface area contributed by atoms with E-state index in [0.717, 1.165) is 78.0 Å². The molecule has 0 aliphatic heterocycles. The van der Waals surface area contributed by atoms with Crippen LogP contribution in [0.3, 0.4) is 0 Å². The van der Waals surface area contributed by atoms with E-state index in [1.807, 2.05) is 34.0 Å². The van der Waals surface area contributed by atoms with Gasteiger partial charge in [0.25, 0.3) is 0 Å². The van der Waals surface area contributed by atoms with Crippen LogP contribution in [-0.2, 0) is 0 Å². The van der Waals surface area contributed by atoms with E-state index in [1.54, 1.807) is 0 Å². The first-order valence-corrected chi connectivity index (χ1v) is 38.4. The minimum atomic E-state index is 0.653. The zero-order valence-corrected chi connectivity index (χ0v) is 59.3. The highest BCUT2D eigenvalue weighted by Gasteiger charge is 2.22. The van der Waals surface area contributed by atoms with Gasteiger partial charge in [0.05, 0.1) is 44.3 Å². The van der Waals surface area contributed by atoms with Crippen LogP contribution in [0.25, 0.3) is 221 Å². The molecule has 23 aromatic rings. The van der Waals surface area contributed by atoms with E-state index in [2.05, 4.69) is 359 Å². The second-order valence-electron chi connectivity index (χ2n) is 28.0. The summed E-state index contributed by atoms with van der Waals surface area (Å²) in [6.45, 7) is 0. The zero-order valence-electron chi connectivity index (χ0n) is 56.9. The molecule has 0 saturated carbocycles. The van der Waals surface area contributed by atoms with Gasteiger partial charge in [0.1, 0.15) is 0 Å². The fourth-order valence-corrected chi connectivity index (χ4v) is 20.3. The Bertz CT molecular complexity index is 7660. The molecule has 0 saturated heterocycles. The Morgan fingerprint density at radius 3 is 0.953 bits per heavy atom. The van der Waals surface area contributed by atoms with Gasteiger partial charge in [0.15, 0.2) is 5.82 Å². The third-order valence-electron chi connectivity index (χ3n) is 22.0. The van der Waals surface area contributed by atoms with Gasteiger partial charge in [0, 0.05) is 126 Å². The van der Waals surface area contributed by atoms with Crippen molar-refractivity contribution in [2.24, 2.45) is 0 Å². The fourth-order valence-electron chi connectivity index (χ4n) is 17.0. The van der Waals surface area contributed by atoms with Crippen LogP contribution in [0.1, 0.15) is 0 Å². The number of fused-ring (bicyclic) bond motifs is 19. The summed E-state index contributed by atoms with van der Waals surface area (Å²) in [6.07, 6.45) is 0. The lowest BCUT2D eigenvalue weighted by Gasteiger charge is -2.15. The number of benzene rings is 16. The summed E-state index contributed by atoms with van der Waals surface area (Å²) in [5.41, 5.74) is 23.1. The lowest BCUT2D eigenvalue weighted by Crippen LogP contribution is -1.99. The smallest absolute Gasteiger partial charge is 0.160 e. The van der Waals surface area contributed by atoms with Crippen LogP contribution < -0.4 is 0 Å². The fraction of sp³-hybridized carbons (Fsp3) is 0. The van der Waals surface area contributed by atoms with Crippen molar-refractivity contribution in [3.8, 4) is 84.2 Å². The van der Waals surface area contributed by atoms with Crippen LogP contribution in [0, 0.1) is 0 Å². The van der Waals surface area contributed by atoms with Crippen molar-refractivity contribution in [3.63, 3.8) is 0 Å². The van der Waals surface area contributed by atoms with Gasteiger partial charge >= 0.3 is 0 Å². The van der Waals surface area contributed by atoms with Crippen molar-refractivity contribution < 1.29 is 0 Å². The van der Waals surface area contributed by atoms with Crippen LogP contribution in [0.2, 0.25) is 0 Å². The number of hydrogen-bond donors (Lipinski definition) is 0. The molecule has 0 unspecified atom stereocenters. The number of para-hydroxylation sites is 3. The summed E-state index contributed by atoms with van der Waals surface area (Å²) in [5, 5.41) is 16.1. The molecule has 0 bridgehead atoms. The molecular weight excluding hydrogens is 1340 g/mol. The molecule has 0 N–H and O–H groups in total. The lowest BCUT2D eigenvalue weighted by atomic mass is 9.99. The van der Waals surface area contributed by atoms with Gasteiger partial charge in [0.2, 0.25) is 0 Å². The van der Waals surface area contributed by atoms with E-state index in [9.17, 15) is 0 Å². The Labute approximate surface area is 619 Å². The van der Waals surface area contributed by atoms with Crippen LogP contribution >= 0.6 is 34.0 Å². The number of hydrogen-bond acceptors (Lipinski definition) is 5. The summed E-state index contributed by atoms with van der Waals surface area (Å²) < 4.78 is 15.1. The molecule has 0 spiro atoms. The first kappa shape index (κ1) is 59.4. The van der Waals surface area contributed by atoms with Crippen LogP contribution in [0.4, 0.5) is 0 Å². The van der Waals surface area contributed by atoms with Gasteiger partial charge in [-0.3, -0.25) is 0 Å². The average molecular weight is 1400 g/mol. The minimum absolute atomic E-state index is 0.653. The van der Waals surface area contributed by atoms with Crippen molar-refractivity contribution in [3.05, 3.63) is 346 Å². The van der Waals surface area contributed by atoms with E-state index in [0.29, 0.717) is 5.82 Å². The summed E-state index contributed by atoms with van der Waals surface area (Å²) in [5.74, 6) is 0.653. The molecule has 8 heteroatoms. The Balaban J connectivity index is 0.650. The van der Waals surface area contributed by atoms with Crippen molar-refractivity contribution in [2.45, 2.75) is 0 Å². The molecule has 5 nitrogen and oxygen atoms in total. The Kier molecular flexibility index (Phi) is 13.0. The Morgan fingerprint density at radius 1 is 0.179 bits per heavy atom. The first-order chi connectivity index (χ1) is 52.5. The van der Waals surface area contributed by atoms with Gasteiger partial charge in [-0.05, 0) is 202 Å². The predicted molar refractivity (Wildman–Crippen MR) is 454 cm³/mol. The maximum absolute atomic E-state index is 5.76. The highest BCUT2D eigenvalue weighted by atomic mass is 32.1. The van der Waals surface area contributed by atoms with Crippen LogP contribution in [0.15, 0.2) is 346 Å². The SMILES string of the molecule is c1cc(-c2nc(-c3cccc(-n4c5ccccc5c5cc(-c6ccc7sc8ccccc8c7c6)ccc54)c3)c3cc(-c4ccc(-n5c6ccccc6c6cc(-c7ccc8sc9ccccc9c8c7)ccc65)cc4)ccc3n2)cc(-n2c3ccccc3c3cc(-c4ccc5sc6ccccc6c5c4)ccc32)c1. The largest absolute Gasteiger partial charge is 0.309 e. The molecule has 106 heavy (non-hydrogen) atoms. The molecule has 492 valence electrons. The standard InChI is InChI=1S/C98H57N5S3/c1-7-25-85-71(19-1)77-51-60(63-37-46-94-80(54-63)74-22-4-10-28-91(74)104-94)34-43-88(77)101(85)68-40-31-58(32-41-68)59-33-42-84-83(57-59)97(66-15-13-17-69(49-66)102-86-26-8-2-20-72(86)78-52-61(35-44-89(78)102)64-38-47-95-81(55-64)75-23-5-11-29-92(75)105-95)100-98(99-84)67-16-14-18-70(50-67)103-87-27-9-3-21-73(87)79-53-62(36-45-90(79)103)65-39-48-96-82(56-65)76-24-6-12-30-93(76)106-96/h1-57H. The topological polar surface area (TPSA) is 40.6 Å². The lowest BCUT2D eigenvalue weighted by molar-refractivity contribution is 1.17. The van der Waals surface area contributed by atoms with Crippen molar-refractivity contribution in [1.82, 2.24) is 23.7 Å². The van der Waals surface area contributed by atoms with Gasteiger partial charge in [-0.15, -0.1) is 34.0 Å². The highest BCUT2D eigenvalue weighted by Crippen LogP contribution is 2.45. The third-order valence-corrected chi connectivity index (χ3v) is 25.5. The van der Waals surface area contributed by atoms with Gasteiger partial charge in [-0.2, -0.15) is 0 Å². The highest BCUT2D eigenvalue weighted by molar-refractivity contribution is 7.26. The molecule has 7 aromatic heterocycles. The molecule has 23 rings (SSSR count). The number of aromatic nitrogens is 5. The molecule has 0 fully saturated rings. The quantitative estimate of drug-likeness (QED) is 0.144. The average Bonchev–Trinajstić information content (AvgIpc) is 1.57. The molecule has 0 atom stereocenters. The summed E-state index contributed by atoms with van der Waals surface area (Å²) in [4.78, 5) is 11.3. The summed E-state index contributed by atoms with van der Waals surface area (Å²) in [6, 6.07) is 128. The van der Waals surface area contributed by atoms with E-state index >= 15 is 0 Å². The minimum Gasteiger partial charge on any atom is -0.309 e. The first-order valence-electron chi connectivity index (χ1n) is 36.0. The van der Waals surface area contributed by atoms with Crippen molar-refractivity contribution >= 4 is 171 Å². The van der Waals surface area contributed by atoms with Gasteiger partial charge in [-0.1, -0.05) is 188 Å². The normalized spacial score (nSPS) is 12.2. The number of thiophene rings is 3. The van der Waals surface area contributed by atoms with Gasteiger partial charge in [-0.25, -0.2) is 9.97 Å². The monoisotopic (exact) mass is 1400 g/mol. The molecule has 16 aromatic carbocycles. The summed E-state index contributed by atoms with van der Waals surface area (Å²) in [7, 11) is 0. The molecule has 0 aliphatic rings. The van der Waals surface area contributed by atoms with E-state index in [-0.39, 0.29) is 0 Å². The van der Waals surface area contributed by atoms with Crippen molar-refractivity contribution in [1.29, 1.82) is 0 Å². The van der Waals surface area contributed by atoms with Gasteiger partial charge < -0.3 is 13.7 Å². The molecule has 7 heterocycles. The van der Waals surface area contributed by atoms with E-state index in [1.165, 1.54) is 137 Å². The number of nitrogens with zero attached hydrogens (tertiary/aromatic N) is 5. The van der Waals surface area contributed by atoms with E-state index < -0.39 is 0 Å².